The van der Waals surface area contributed by atoms with E-state index in [2.05, 4.69) is 26.8 Å². The molecule has 27 atom stereocenters. The zero-order chi connectivity index (χ0) is 58.4. The van der Waals surface area contributed by atoms with Gasteiger partial charge < -0.3 is 104 Å². The minimum Gasteiger partial charge on any atom is -0.479 e. The third kappa shape index (κ3) is 9.94. The maximum Gasteiger partial charge on any atom is 0.335 e. The lowest BCUT2D eigenvalue weighted by Crippen LogP contribution is -2.72. The van der Waals surface area contributed by atoms with Crippen LogP contribution in [0.3, 0.4) is 0 Å². The molecule has 450 valence electrons. The van der Waals surface area contributed by atoms with Crippen molar-refractivity contribution in [3.05, 3.63) is 23.3 Å². The quantitative estimate of drug-likeness (QED) is 0.0415. The van der Waals surface area contributed by atoms with E-state index in [1.807, 2.05) is 20.8 Å². The number of hydrogen-bond acceptors (Lipinski definition) is 23. The zero-order valence-corrected chi connectivity index (χ0v) is 46.4. The Hall–Kier alpha value is -2.83. The summed E-state index contributed by atoms with van der Waals surface area (Å²) in [5.74, 6) is -3.88. The summed E-state index contributed by atoms with van der Waals surface area (Å²) in [5, 5.41) is 143. The third-order valence-electron chi connectivity index (χ3n) is 21.1. The van der Waals surface area contributed by atoms with E-state index in [-0.39, 0.29) is 24.7 Å². The molecule has 0 aromatic heterocycles. The molecule has 79 heavy (non-hydrogen) atoms. The number of allylic oxidation sites excluding steroid dienone is 3. The number of carboxylic acids is 1. The lowest BCUT2D eigenvalue weighted by atomic mass is 9.33. The molecule has 3 aliphatic heterocycles. The van der Waals surface area contributed by atoms with E-state index < -0.39 is 199 Å². The van der Waals surface area contributed by atoms with Crippen LogP contribution in [0, 0.1) is 50.2 Å². The van der Waals surface area contributed by atoms with Crippen LogP contribution in [-0.4, -0.2) is 227 Å². The molecule has 8 rings (SSSR count). The zero-order valence-electron chi connectivity index (χ0n) is 46.4. The summed E-state index contributed by atoms with van der Waals surface area (Å²) >= 11 is 0. The molecule has 4 unspecified atom stereocenters. The molecule has 0 aromatic rings. The SMILES string of the molecule is C/C=C(\C)C(=O)O[C@H]1[C@H](OC(C)=O)[C@@]2(CO)C(CC1(C)C)C1=CCC3[C@@]4(C)CCC(O[C@@H]5O[C@H](C(=O)O)[C@@H](O[C@@H]6O[C@H](CO)[C@@H](O)[C@H](O)[C@H]6O)[C@H](O)[C@H]5O[C@@H]5O[C@H](CO)[C@@H](O)[C@H](O)[C@H]5O)[C@](C)(CO)C4CC[C@@]3(C)[C@]1(C)C[C@H]2O. The highest BCUT2D eigenvalue weighted by Gasteiger charge is 2.74. The minimum atomic E-state index is -2.18. The van der Waals surface area contributed by atoms with Gasteiger partial charge in [0, 0.05) is 23.3 Å². The van der Waals surface area contributed by atoms with Gasteiger partial charge in [-0.25, -0.2) is 9.59 Å². The normalized spacial score (nSPS) is 50.6. The third-order valence-corrected chi connectivity index (χ3v) is 21.1. The number of ether oxygens (including phenoxy) is 8. The van der Waals surface area contributed by atoms with Crippen LogP contribution in [0.1, 0.15) is 107 Å². The Bertz CT molecular complexity index is 2290. The van der Waals surface area contributed by atoms with Gasteiger partial charge in [-0.2, -0.15) is 0 Å². The number of carboxylic acid groups (broad SMARTS) is 1. The molecule has 7 fully saturated rings. The van der Waals surface area contributed by atoms with E-state index in [1.165, 1.54) is 6.92 Å². The summed E-state index contributed by atoms with van der Waals surface area (Å²) in [6.07, 6.45) is -26.5. The van der Waals surface area contributed by atoms with Crippen LogP contribution in [0.5, 0.6) is 0 Å². The molecular formula is C55H86O24. The summed E-state index contributed by atoms with van der Waals surface area (Å²) in [6.45, 7) is 14.1. The van der Waals surface area contributed by atoms with Gasteiger partial charge in [0.05, 0.1) is 44.1 Å². The molecule has 24 nitrogen and oxygen atoms in total. The average Bonchev–Trinajstić information content (AvgIpc) is 3.25. The number of hydrogen-bond donors (Lipinski definition) is 13. The molecule has 0 spiro atoms. The Labute approximate surface area is 459 Å². The topological polar surface area (TPSA) is 388 Å². The van der Waals surface area contributed by atoms with Crippen molar-refractivity contribution in [1.29, 1.82) is 0 Å². The lowest BCUT2D eigenvalue weighted by molar-refractivity contribution is -0.392. The fourth-order valence-electron chi connectivity index (χ4n) is 16.2. The summed E-state index contributed by atoms with van der Waals surface area (Å²) in [7, 11) is 0. The Morgan fingerprint density at radius 3 is 1.76 bits per heavy atom. The lowest BCUT2D eigenvalue weighted by Gasteiger charge is -2.72. The summed E-state index contributed by atoms with van der Waals surface area (Å²) in [5.41, 5.74) is -3.78. The van der Waals surface area contributed by atoms with Crippen molar-refractivity contribution in [3.63, 3.8) is 0 Å². The van der Waals surface area contributed by atoms with E-state index in [1.54, 1.807) is 19.9 Å². The summed E-state index contributed by atoms with van der Waals surface area (Å²) in [6, 6.07) is 0. The molecule has 0 radical (unpaired) electrons. The molecule has 5 aliphatic carbocycles. The van der Waals surface area contributed by atoms with Crippen LogP contribution in [0.15, 0.2) is 23.3 Å². The summed E-state index contributed by atoms with van der Waals surface area (Å²) in [4.78, 5) is 39.5. The number of aliphatic hydroxyl groups excluding tert-OH is 12. The van der Waals surface area contributed by atoms with Gasteiger partial charge >= 0.3 is 17.9 Å². The van der Waals surface area contributed by atoms with E-state index in [0.717, 1.165) is 5.57 Å². The van der Waals surface area contributed by atoms with Crippen molar-refractivity contribution in [3.8, 4) is 0 Å². The van der Waals surface area contributed by atoms with E-state index >= 15 is 0 Å². The van der Waals surface area contributed by atoms with Crippen LogP contribution in [0.4, 0.5) is 0 Å². The Morgan fingerprint density at radius 1 is 0.658 bits per heavy atom. The molecule has 0 aromatic carbocycles. The van der Waals surface area contributed by atoms with Crippen molar-refractivity contribution in [2.75, 3.05) is 26.4 Å². The molecule has 4 saturated carbocycles. The van der Waals surface area contributed by atoms with Gasteiger partial charge in [-0.05, 0) is 92.8 Å². The molecule has 0 amide bonds. The van der Waals surface area contributed by atoms with Crippen molar-refractivity contribution >= 4 is 17.9 Å². The van der Waals surface area contributed by atoms with Gasteiger partial charge in [0.15, 0.2) is 25.0 Å². The standard InChI is InChI=1S/C55H86O24/c1-10-23(2)46(71)79-43-44(72-24(3)60)55(22-59)26(17-50(43,4)5)25-11-12-30-51(6)15-14-32(52(7,21-58)29(51)13-16-53(30,8)54(25,9)18-31(55)61)75-49-41(77-48-38(67)36(65)34(63)28(20-57)74-48)39(68)40(42(78-49)45(69)70)76-47-37(66)35(64)33(62)27(19-56)73-47/h10-11,26-44,47-49,56-59,61-68H,12-22H2,1-9H3,(H,69,70)/b23-10+/t26?,27-,28-,29?,30?,31-,32?,33-,34-,35+,36+,37-,38-,39+,40+,41-,42+,43+,44+,47+,48+,49-,51+,52-,53-,54-,55+/m1/s1. The molecule has 8 aliphatic rings. The second-order valence-corrected chi connectivity index (χ2v) is 25.5. The number of fused-ring (bicyclic) bond motifs is 7. The second kappa shape index (κ2) is 22.6. The molecule has 3 saturated heterocycles. The monoisotopic (exact) mass is 1130 g/mol. The minimum absolute atomic E-state index is 0.0849. The Kier molecular flexibility index (Phi) is 17.8. The predicted octanol–water partition coefficient (Wildman–Crippen LogP) is -1.32. The molecule has 13 N–H and O–H groups in total. The van der Waals surface area contributed by atoms with Crippen LogP contribution in [0.2, 0.25) is 0 Å². The van der Waals surface area contributed by atoms with E-state index in [9.17, 15) is 80.8 Å². The van der Waals surface area contributed by atoms with Crippen molar-refractivity contribution < 1.29 is 119 Å². The number of aliphatic hydroxyl groups is 12. The largest absolute Gasteiger partial charge is 0.479 e. The number of esters is 2. The number of carbonyl (C=O) groups is 3. The fraction of sp³-hybridized carbons (Fsp3) is 0.873. The highest BCUT2D eigenvalue weighted by Crippen LogP contribution is 2.76. The molecule has 24 heteroatoms. The maximum atomic E-state index is 13.4. The van der Waals surface area contributed by atoms with Gasteiger partial charge in [-0.15, -0.1) is 0 Å². The predicted molar refractivity (Wildman–Crippen MR) is 269 cm³/mol. The highest BCUT2D eigenvalue weighted by molar-refractivity contribution is 5.87. The first kappa shape index (κ1) is 62.2. The van der Waals surface area contributed by atoms with Crippen molar-refractivity contribution in [2.24, 2.45) is 50.2 Å². The van der Waals surface area contributed by atoms with Gasteiger partial charge in [-0.3, -0.25) is 4.79 Å². The van der Waals surface area contributed by atoms with Gasteiger partial charge in [0.2, 0.25) is 0 Å². The fourth-order valence-corrected chi connectivity index (χ4v) is 16.2. The first-order valence-electron chi connectivity index (χ1n) is 27.7. The van der Waals surface area contributed by atoms with Crippen molar-refractivity contribution in [2.45, 2.75) is 224 Å². The Balaban J connectivity index is 1.12. The summed E-state index contributed by atoms with van der Waals surface area (Å²) < 4.78 is 48.2. The molecular weight excluding hydrogens is 1040 g/mol. The molecule has 3 heterocycles. The van der Waals surface area contributed by atoms with Crippen LogP contribution < -0.4 is 0 Å². The van der Waals surface area contributed by atoms with Gasteiger partial charge in [-0.1, -0.05) is 59.3 Å². The van der Waals surface area contributed by atoms with Crippen LogP contribution in [0.25, 0.3) is 0 Å². The van der Waals surface area contributed by atoms with Gasteiger partial charge in [0.1, 0.15) is 79.4 Å². The van der Waals surface area contributed by atoms with Crippen molar-refractivity contribution in [1.82, 2.24) is 0 Å². The number of rotatable bonds is 14. The first-order chi connectivity index (χ1) is 36.9. The van der Waals surface area contributed by atoms with E-state index in [4.69, 9.17) is 37.9 Å². The second-order valence-electron chi connectivity index (χ2n) is 25.5. The van der Waals surface area contributed by atoms with Crippen LogP contribution >= 0.6 is 0 Å². The van der Waals surface area contributed by atoms with Gasteiger partial charge in [0.25, 0.3) is 0 Å². The van der Waals surface area contributed by atoms with Crippen LogP contribution in [-0.2, 0) is 52.3 Å². The molecule has 0 bridgehead atoms. The first-order valence-corrected chi connectivity index (χ1v) is 27.7. The van der Waals surface area contributed by atoms with E-state index in [0.29, 0.717) is 37.7 Å². The number of aliphatic carboxylic acids is 1. The number of carbonyl (C=O) groups excluding carboxylic acids is 2. The highest BCUT2D eigenvalue weighted by atomic mass is 16.8. The maximum absolute atomic E-state index is 13.4. The smallest absolute Gasteiger partial charge is 0.335 e. The average molecular weight is 1130 g/mol. The Morgan fingerprint density at radius 2 is 1.24 bits per heavy atom.